The Hall–Kier alpha value is -1.82. The summed E-state index contributed by atoms with van der Waals surface area (Å²) in [6.45, 7) is 0. The lowest BCUT2D eigenvalue weighted by molar-refractivity contribution is -0.137. The number of carbonyl (C=O) groups is 2. The number of rotatable bonds is 5. The number of carbonyl (C=O) groups excluding carboxylic acids is 1. The fourth-order valence-electron chi connectivity index (χ4n) is 1.96. The largest absolute Gasteiger partial charge is 0.481 e. The number of halogens is 2. The zero-order valence-electron chi connectivity index (χ0n) is 10.5. The summed E-state index contributed by atoms with van der Waals surface area (Å²) in [5, 5.41) is 13.8. The molecule has 0 spiro atoms. The molecule has 5 nitrogen and oxygen atoms in total. The average molecular weight is 301 g/mol. The van der Waals surface area contributed by atoms with Crippen molar-refractivity contribution < 1.29 is 19.1 Å². The molecule has 1 aliphatic carbocycles. The van der Waals surface area contributed by atoms with E-state index in [9.17, 15) is 14.0 Å². The van der Waals surface area contributed by atoms with Crippen LogP contribution in [0.4, 0.5) is 14.9 Å². The Labute approximate surface area is 120 Å². The monoisotopic (exact) mass is 300 g/mol. The summed E-state index contributed by atoms with van der Waals surface area (Å²) in [5.74, 6) is -1.45. The van der Waals surface area contributed by atoms with E-state index in [0.717, 1.165) is 12.8 Å². The van der Waals surface area contributed by atoms with E-state index in [1.165, 1.54) is 18.2 Å². The number of nitrogens with one attached hydrogen (secondary N) is 2. The van der Waals surface area contributed by atoms with Crippen LogP contribution in [0.15, 0.2) is 18.2 Å². The van der Waals surface area contributed by atoms with E-state index < -0.39 is 23.9 Å². The van der Waals surface area contributed by atoms with Crippen molar-refractivity contribution in [3.63, 3.8) is 0 Å². The average Bonchev–Trinajstić information content (AvgIpc) is 3.17. The van der Waals surface area contributed by atoms with Gasteiger partial charge in [0.2, 0.25) is 0 Å². The molecule has 1 aliphatic rings. The lowest BCUT2D eigenvalue weighted by atomic mass is 10.1. The fraction of sp³-hybridized carbons (Fsp3) is 0.385. The molecule has 20 heavy (non-hydrogen) atoms. The van der Waals surface area contributed by atoms with Gasteiger partial charge in [-0.2, -0.15) is 0 Å². The number of para-hydroxylation sites is 1. The number of aliphatic carboxylic acids is 1. The van der Waals surface area contributed by atoms with Gasteiger partial charge in [0.1, 0.15) is 5.82 Å². The molecule has 2 rings (SSSR count). The van der Waals surface area contributed by atoms with E-state index in [1.54, 1.807) is 0 Å². The first-order valence-electron chi connectivity index (χ1n) is 6.20. The molecular formula is C13H14ClFN2O3. The molecule has 2 amide bonds. The zero-order valence-corrected chi connectivity index (χ0v) is 11.3. The van der Waals surface area contributed by atoms with Crippen LogP contribution in [0.2, 0.25) is 5.02 Å². The molecule has 108 valence electrons. The topological polar surface area (TPSA) is 78.4 Å². The first-order chi connectivity index (χ1) is 9.47. The summed E-state index contributed by atoms with van der Waals surface area (Å²) >= 11 is 5.79. The number of anilines is 1. The Bertz CT molecular complexity index is 514. The smallest absolute Gasteiger partial charge is 0.319 e. The van der Waals surface area contributed by atoms with Gasteiger partial charge in [0, 0.05) is 6.04 Å². The summed E-state index contributed by atoms with van der Waals surface area (Å²) < 4.78 is 13.5. The Morgan fingerprint density at radius 3 is 2.70 bits per heavy atom. The first-order valence-corrected chi connectivity index (χ1v) is 6.58. The normalized spacial score (nSPS) is 15.5. The third-order valence-corrected chi connectivity index (χ3v) is 3.42. The van der Waals surface area contributed by atoms with Gasteiger partial charge < -0.3 is 15.7 Å². The lowest BCUT2D eigenvalue weighted by Crippen LogP contribution is -2.40. The summed E-state index contributed by atoms with van der Waals surface area (Å²) in [6.07, 6.45) is 1.63. The fourth-order valence-corrected chi connectivity index (χ4v) is 2.17. The van der Waals surface area contributed by atoms with E-state index in [0.29, 0.717) is 0 Å². The van der Waals surface area contributed by atoms with Gasteiger partial charge in [-0.05, 0) is 30.9 Å². The molecule has 1 aromatic carbocycles. The molecule has 0 heterocycles. The number of hydrogen-bond acceptors (Lipinski definition) is 2. The van der Waals surface area contributed by atoms with Gasteiger partial charge in [0.15, 0.2) is 0 Å². The van der Waals surface area contributed by atoms with Crippen molar-refractivity contribution in [3.05, 3.63) is 29.0 Å². The number of carboxylic acids is 1. The molecule has 0 bridgehead atoms. The van der Waals surface area contributed by atoms with Crippen molar-refractivity contribution in [2.24, 2.45) is 5.92 Å². The Kier molecular flexibility index (Phi) is 4.44. The Balaban J connectivity index is 1.99. The van der Waals surface area contributed by atoms with Crippen molar-refractivity contribution in [3.8, 4) is 0 Å². The summed E-state index contributed by atoms with van der Waals surface area (Å²) in [7, 11) is 0. The summed E-state index contributed by atoms with van der Waals surface area (Å²) in [4.78, 5) is 22.5. The van der Waals surface area contributed by atoms with Gasteiger partial charge >= 0.3 is 12.0 Å². The number of benzene rings is 1. The molecule has 0 saturated heterocycles. The predicted molar refractivity (Wildman–Crippen MR) is 72.3 cm³/mol. The summed E-state index contributed by atoms with van der Waals surface area (Å²) in [5.41, 5.74) is -0.114. The van der Waals surface area contributed by atoms with E-state index in [2.05, 4.69) is 10.6 Å². The van der Waals surface area contributed by atoms with Crippen molar-refractivity contribution in [2.45, 2.75) is 25.3 Å². The van der Waals surface area contributed by atoms with Crippen LogP contribution in [0.3, 0.4) is 0 Å². The molecule has 1 unspecified atom stereocenters. The quantitative estimate of drug-likeness (QED) is 0.782. The zero-order chi connectivity index (χ0) is 14.7. The SMILES string of the molecule is O=C(O)CC(NC(=O)Nc1c(F)cccc1Cl)C1CC1. The maximum absolute atomic E-state index is 13.5. The maximum Gasteiger partial charge on any atom is 0.319 e. The third-order valence-electron chi connectivity index (χ3n) is 3.10. The van der Waals surface area contributed by atoms with Crippen molar-refractivity contribution in [1.29, 1.82) is 0 Å². The number of urea groups is 1. The number of carboxylic acid groups (broad SMARTS) is 1. The predicted octanol–water partition coefficient (Wildman–Crippen LogP) is 2.85. The standard InChI is InChI=1S/C13H14ClFN2O3/c14-8-2-1-3-9(15)12(8)17-13(20)16-10(6-11(18)19)7-4-5-7/h1-3,7,10H,4-6H2,(H,18,19)(H2,16,17,20). The van der Waals surface area contributed by atoms with Crippen LogP contribution >= 0.6 is 11.6 Å². The van der Waals surface area contributed by atoms with Gasteiger partial charge in [-0.15, -0.1) is 0 Å². The van der Waals surface area contributed by atoms with Crippen LogP contribution in [-0.2, 0) is 4.79 Å². The third kappa shape index (κ3) is 3.84. The van der Waals surface area contributed by atoms with Crippen LogP contribution in [0.1, 0.15) is 19.3 Å². The van der Waals surface area contributed by atoms with Crippen LogP contribution in [0.5, 0.6) is 0 Å². The second-order valence-corrected chi connectivity index (χ2v) is 5.14. The van der Waals surface area contributed by atoms with Gasteiger partial charge in [-0.3, -0.25) is 4.79 Å². The second-order valence-electron chi connectivity index (χ2n) is 4.74. The second kappa shape index (κ2) is 6.09. The van der Waals surface area contributed by atoms with Gasteiger partial charge in [0.25, 0.3) is 0 Å². The molecule has 0 radical (unpaired) electrons. The van der Waals surface area contributed by atoms with Gasteiger partial charge in [-0.1, -0.05) is 17.7 Å². The molecule has 3 N–H and O–H groups in total. The molecule has 1 fully saturated rings. The van der Waals surface area contributed by atoms with Crippen molar-refractivity contribution in [2.75, 3.05) is 5.32 Å². The Morgan fingerprint density at radius 2 is 2.15 bits per heavy atom. The van der Waals surface area contributed by atoms with E-state index in [4.69, 9.17) is 16.7 Å². The molecule has 1 aromatic rings. The maximum atomic E-state index is 13.5. The van der Waals surface area contributed by atoms with Gasteiger partial charge in [-0.25, -0.2) is 9.18 Å². The Morgan fingerprint density at radius 1 is 1.45 bits per heavy atom. The van der Waals surface area contributed by atoms with Crippen LogP contribution < -0.4 is 10.6 Å². The molecule has 1 atom stereocenters. The highest BCUT2D eigenvalue weighted by molar-refractivity contribution is 6.33. The number of amides is 2. The summed E-state index contributed by atoms with van der Waals surface area (Å²) in [6, 6.07) is 2.96. The van der Waals surface area contributed by atoms with Crippen molar-refractivity contribution >= 4 is 29.3 Å². The van der Waals surface area contributed by atoms with E-state index >= 15 is 0 Å². The minimum Gasteiger partial charge on any atom is -0.481 e. The van der Waals surface area contributed by atoms with Crippen LogP contribution in [0.25, 0.3) is 0 Å². The van der Waals surface area contributed by atoms with E-state index in [1.807, 2.05) is 0 Å². The molecule has 7 heteroatoms. The minimum atomic E-state index is -0.980. The first kappa shape index (κ1) is 14.6. The minimum absolute atomic E-state index is 0.0846. The van der Waals surface area contributed by atoms with Crippen LogP contribution in [0, 0.1) is 11.7 Å². The molecular weight excluding hydrogens is 287 g/mol. The number of hydrogen-bond donors (Lipinski definition) is 3. The molecule has 0 aliphatic heterocycles. The highest BCUT2D eigenvalue weighted by Crippen LogP contribution is 2.34. The molecule has 1 saturated carbocycles. The molecule has 0 aromatic heterocycles. The van der Waals surface area contributed by atoms with Crippen molar-refractivity contribution in [1.82, 2.24) is 5.32 Å². The van der Waals surface area contributed by atoms with E-state index in [-0.39, 0.29) is 23.0 Å². The van der Waals surface area contributed by atoms with Gasteiger partial charge in [0.05, 0.1) is 17.1 Å². The highest BCUT2D eigenvalue weighted by Gasteiger charge is 2.33. The highest BCUT2D eigenvalue weighted by atomic mass is 35.5. The van der Waals surface area contributed by atoms with Crippen LogP contribution in [-0.4, -0.2) is 23.1 Å². The lowest BCUT2D eigenvalue weighted by Gasteiger charge is -2.17.